The lowest BCUT2D eigenvalue weighted by molar-refractivity contribution is 0.0376. The Hall–Kier alpha value is -2.12. The molecule has 37 heavy (non-hydrogen) atoms. The molecule has 2 saturated heterocycles. The lowest BCUT2D eigenvalue weighted by Gasteiger charge is -2.28. The Morgan fingerprint density at radius 2 is 1.59 bits per heavy atom. The maximum Gasteiger partial charge on any atom is 0.260 e. The van der Waals surface area contributed by atoms with E-state index in [1.165, 1.54) is 27.8 Å². The molecule has 5 rings (SSSR count). The summed E-state index contributed by atoms with van der Waals surface area (Å²) < 4.78 is 39.1. The molecule has 0 spiro atoms. The molecule has 0 bridgehead atoms. The highest BCUT2D eigenvalue weighted by Crippen LogP contribution is 2.30. The van der Waals surface area contributed by atoms with Gasteiger partial charge in [-0.25, -0.2) is 13.4 Å². The number of sulfonamides is 1. The SMILES string of the molecule is Cl.O=C(c1ccc(S(=O)(=O)N2CCOCC2)cc1)N(CCCN1CCOCC1)c1nc2ccccc2s1. The van der Waals surface area contributed by atoms with Gasteiger partial charge in [0.1, 0.15) is 0 Å². The zero-order valence-electron chi connectivity index (χ0n) is 20.5. The number of ether oxygens (including phenoxy) is 2. The Bertz CT molecular complexity index is 1260. The van der Waals surface area contributed by atoms with Crippen LogP contribution in [-0.2, 0) is 19.5 Å². The maximum absolute atomic E-state index is 13.6. The van der Waals surface area contributed by atoms with Gasteiger partial charge in [0, 0.05) is 44.8 Å². The first-order valence-corrected chi connectivity index (χ1v) is 14.4. The van der Waals surface area contributed by atoms with E-state index in [1.807, 2.05) is 24.3 Å². The molecule has 2 fully saturated rings. The molecule has 0 atom stereocenters. The van der Waals surface area contributed by atoms with Gasteiger partial charge >= 0.3 is 0 Å². The second-order valence-corrected chi connectivity index (χ2v) is 11.7. The van der Waals surface area contributed by atoms with Crippen molar-refractivity contribution in [3.05, 3.63) is 54.1 Å². The van der Waals surface area contributed by atoms with Gasteiger partial charge in [0.2, 0.25) is 10.0 Å². The Labute approximate surface area is 227 Å². The number of morpholine rings is 2. The van der Waals surface area contributed by atoms with Gasteiger partial charge in [0.05, 0.1) is 41.5 Å². The molecule has 200 valence electrons. The third kappa shape index (κ3) is 6.48. The normalized spacial score (nSPS) is 17.4. The predicted octanol–water partition coefficient (Wildman–Crippen LogP) is 3.11. The molecule has 9 nitrogen and oxygen atoms in total. The number of anilines is 1. The lowest BCUT2D eigenvalue weighted by Crippen LogP contribution is -2.40. The van der Waals surface area contributed by atoms with E-state index in [2.05, 4.69) is 4.90 Å². The van der Waals surface area contributed by atoms with Crippen LogP contribution in [0, 0.1) is 0 Å². The van der Waals surface area contributed by atoms with E-state index in [-0.39, 0.29) is 23.2 Å². The van der Waals surface area contributed by atoms with Crippen molar-refractivity contribution in [2.24, 2.45) is 0 Å². The number of hydrogen-bond acceptors (Lipinski definition) is 8. The van der Waals surface area contributed by atoms with Crippen LogP contribution in [0.3, 0.4) is 0 Å². The number of nitrogens with zero attached hydrogens (tertiary/aromatic N) is 4. The quantitative estimate of drug-likeness (QED) is 0.414. The van der Waals surface area contributed by atoms with E-state index in [4.69, 9.17) is 14.5 Å². The monoisotopic (exact) mass is 566 g/mol. The first kappa shape index (κ1) is 27.9. The molecule has 0 saturated carbocycles. The molecule has 3 heterocycles. The molecule has 0 aliphatic carbocycles. The van der Waals surface area contributed by atoms with E-state index in [1.54, 1.807) is 17.0 Å². The van der Waals surface area contributed by atoms with Crippen LogP contribution < -0.4 is 4.90 Å². The number of halogens is 1. The van der Waals surface area contributed by atoms with Crippen molar-refractivity contribution >= 4 is 55.0 Å². The number of carbonyl (C=O) groups excluding carboxylic acids is 1. The fourth-order valence-corrected chi connectivity index (χ4v) is 6.80. The lowest BCUT2D eigenvalue weighted by atomic mass is 10.2. The van der Waals surface area contributed by atoms with E-state index in [0.717, 1.165) is 49.5 Å². The minimum Gasteiger partial charge on any atom is -0.379 e. The third-order valence-corrected chi connectivity index (χ3v) is 9.40. The van der Waals surface area contributed by atoms with Crippen molar-refractivity contribution in [1.29, 1.82) is 0 Å². The van der Waals surface area contributed by atoms with Crippen molar-refractivity contribution in [3.63, 3.8) is 0 Å². The van der Waals surface area contributed by atoms with Crippen molar-refractivity contribution in [2.45, 2.75) is 11.3 Å². The van der Waals surface area contributed by atoms with Crippen molar-refractivity contribution in [2.75, 3.05) is 70.6 Å². The van der Waals surface area contributed by atoms with Gasteiger partial charge in [-0.3, -0.25) is 14.6 Å². The summed E-state index contributed by atoms with van der Waals surface area (Å²) in [6, 6.07) is 14.1. The van der Waals surface area contributed by atoms with Crippen LogP contribution in [0.1, 0.15) is 16.8 Å². The van der Waals surface area contributed by atoms with E-state index < -0.39 is 10.0 Å². The van der Waals surface area contributed by atoms with Crippen molar-refractivity contribution in [1.82, 2.24) is 14.2 Å². The molecule has 3 aromatic rings. The van der Waals surface area contributed by atoms with Crippen molar-refractivity contribution in [3.8, 4) is 0 Å². The fraction of sp³-hybridized carbons (Fsp3) is 0.440. The Morgan fingerprint density at radius 3 is 2.27 bits per heavy atom. The second-order valence-electron chi connectivity index (χ2n) is 8.77. The topological polar surface area (TPSA) is 92.3 Å². The van der Waals surface area contributed by atoms with Gasteiger partial charge in [-0.05, 0) is 42.8 Å². The molecule has 2 aromatic carbocycles. The molecule has 1 amide bonds. The first-order chi connectivity index (χ1) is 17.5. The molecule has 12 heteroatoms. The molecular weight excluding hydrogens is 536 g/mol. The van der Waals surface area contributed by atoms with Crippen LogP contribution in [0.5, 0.6) is 0 Å². The summed E-state index contributed by atoms with van der Waals surface area (Å²) in [6.07, 6.45) is 0.797. The van der Waals surface area contributed by atoms with Crippen molar-refractivity contribution < 1.29 is 22.7 Å². The van der Waals surface area contributed by atoms with Gasteiger partial charge in [0.15, 0.2) is 5.13 Å². The molecular formula is C25H31ClN4O5S2. The molecule has 0 radical (unpaired) electrons. The number of aromatic nitrogens is 1. The highest BCUT2D eigenvalue weighted by Gasteiger charge is 2.27. The predicted molar refractivity (Wildman–Crippen MR) is 146 cm³/mol. The van der Waals surface area contributed by atoms with Crippen LogP contribution >= 0.6 is 23.7 Å². The zero-order valence-corrected chi connectivity index (χ0v) is 22.9. The summed E-state index contributed by atoms with van der Waals surface area (Å²) in [5, 5.41) is 0.646. The molecule has 0 unspecified atom stereocenters. The van der Waals surface area contributed by atoms with Crippen LogP contribution in [0.2, 0.25) is 0 Å². The van der Waals surface area contributed by atoms with Gasteiger partial charge in [-0.2, -0.15) is 4.31 Å². The number of amides is 1. The summed E-state index contributed by atoms with van der Waals surface area (Å²) >= 11 is 1.49. The van der Waals surface area contributed by atoms with E-state index >= 15 is 0 Å². The summed E-state index contributed by atoms with van der Waals surface area (Å²) in [5.74, 6) is -0.189. The van der Waals surface area contributed by atoms with Gasteiger partial charge in [-0.1, -0.05) is 23.5 Å². The average molecular weight is 567 g/mol. The maximum atomic E-state index is 13.6. The molecule has 2 aliphatic heterocycles. The van der Waals surface area contributed by atoms with Crippen LogP contribution in [0.25, 0.3) is 10.2 Å². The second kappa shape index (κ2) is 12.6. The zero-order chi connectivity index (χ0) is 25.0. The number of benzene rings is 2. The number of carbonyl (C=O) groups is 1. The standard InChI is InChI=1S/C25H30N4O5S2.ClH/c30-24(20-6-8-21(9-7-20)36(31,32)28-14-18-34-19-15-28)29(11-3-10-27-12-16-33-17-13-27)25-26-22-4-1-2-5-23(22)35-25;/h1-2,4-9H,3,10-19H2;1H. The number of rotatable bonds is 8. The number of fused-ring (bicyclic) bond motifs is 1. The molecule has 0 N–H and O–H groups in total. The van der Waals surface area contributed by atoms with Crippen LogP contribution in [0.4, 0.5) is 5.13 Å². The number of hydrogen-bond donors (Lipinski definition) is 0. The van der Waals surface area contributed by atoms with E-state index in [9.17, 15) is 13.2 Å². The summed E-state index contributed by atoms with van der Waals surface area (Å²) in [5.41, 5.74) is 1.29. The van der Waals surface area contributed by atoms with Crippen LogP contribution in [-0.4, -0.2) is 94.2 Å². The smallest absolute Gasteiger partial charge is 0.260 e. The Kier molecular flexibility index (Phi) is 9.51. The molecule has 2 aliphatic rings. The third-order valence-electron chi connectivity index (χ3n) is 6.43. The minimum atomic E-state index is -3.62. The fourth-order valence-electron chi connectivity index (χ4n) is 4.40. The summed E-state index contributed by atoms with van der Waals surface area (Å²) in [7, 11) is -3.62. The number of para-hydroxylation sites is 1. The van der Waals surface area contributed by atoms with Gasteiger partial charge < -0.3 is 9.47 Å². The largest absolute Gasteiger partial charge is 0.379 e. The number of thiazole rings is 1. The Morgan fingerprint density at radius 1 is 0.946 bits per heavy atom. The Balaban J connectivity index is 0.00000320. The highest BCUT2D eigenvalue weighted by atomic mass is 35.5. The molecule has 1 aromatic heterocycles. The summed E-state index contributed by atoms with van der Waals surface area (Å²) in [4.78, 5) is 22.6. The minimum absolute atomic E-state index is 0. The van der Waals surface area contributed by atoms with E-state index in [0.29, 0.717) is 43.5 Å². The highest BCUT2D eigenvalue weighted by molar-refractivity contribution is 7.89. The summed E-state index contributed by atoms with van der Waals surface area (Å²) in [6.45, 7) is 6.09. The average Bonchev–Trinajstić information content (AvgIpc) is 3.36. The van der Waals surface area contributed by atoms with Gasteiger partial charge in [-0.15, -0.1) is 12.4 Å². The first-order valence-electron chi connectivity index (χ1n) is 12.2. The van der Waals surface area contributed by atoms with Gasteiger partial charge in [0.25, 0.3) is 5.91 Å². The van der Waals surface area contributed by atoms with Crippen LogP contribution in [0.15, 0.2) is 53.4 Å².